The van der Waals surface area contributed by atoms with Gasteiger partial charge in [0, 0.05) is 24.3 Å². The van der Waals surface area contributed by atoms with Crippen LogP contribution < -0.4 is 5.32 Å². The van der Waals surface area contributed by atoms with Gasteiger partial charge in [-0.2, -0.15) is 4.31 Å². The van der Waals surface area contributed by atoms with Crippen LogP contribution in [0.25, 0.3) is 0 Å². The molecule has 0 amide bonds. The molecule has 0 radical (unpaired) electrons. The molecule has 2 fully saturated rings. The fourth-order valence-electron chi connectivity index (χ4n) is 4.60. The summed E-state index contributed by atoms with van der Waals surface area (Å²) < 4.78 is 28.6. The number of rotatable bonds is 5. The van der Waals surface area contributed by atoms with Crippen LogP contribution in [0.4, 0.5) is 5.82 Å². The fraction of sp³-hybridized carbons (Fsp3) is 0.522. The molecule has 2 aromatic rings. The van der Waals surface area contributed by atoms with Crippen molar-refractivity contribution in [2.45, 2.75) is 75.3 Å². The van der Waals surface area contributed by atoms with Gasteiger partial charge >= 0.3 is 0 Å². The van der Waals surface area contributed by atoms with E-state index < -0.39 is 10.0 Å². The van der Waals surface area contributed by atoms with Crippen LogP contribution in [0.15, 0.2) is 47.5 Å². The number of hydrogen-bond donors (Lipinski definition) is 1. The molecule has 2 heterocycles. The number of aryl methyl sites for hydroxylation is 1. The Morgan fingerprint density at radius 3 is 2.45 bits per heavy atom. The van der Waals surface area contributed by atoms with Gasteiger partial charge in [-0.15, -0.1) is 0 Å². The molecule has 1 saturated heterocycles. The molecule has 1 aromatic carbocycles. The lowest BCUT2D eigenvalue weighted by Crippen LogP contribution is -2.39. The van der Waals surface area contributed by atoms with Gasteiger partial charge in [-0.25, -0.2) is 13.4 Å². The highest BCUT2D eigenvalue weighted by Crippen LogP contribution is 2.38. The molecule has 1 aliphatic heterocycles. The van der Waals surface area contributed by atoms with E-state index in [1.54, 1.807) is 22.6 Å². The predicted molar refractivity (Wildman–Crippen MR) is 116 cm³/mol. The molecule has 156 valence electrons. The minimum absolute atomic E-state index is 0.171. The summed E-state index contributed by atoms with van der Waals surface area (Å²) in [7, 11) is -3.55. The summed E-state index contributed by atoms with van der Waals surface area (Å²) in [4.78, 5) is 4.99. The summed E-state index contributed by atoms with van der Waals surface area (Å²) in [6.45, 7) is 2.53. The number of sulfonamides is 1. The average molecular weight is 414 g/mol. The van der Waals surface area contributed by atoms with E-state index in [0.717, 1.165) is 49.0 Å². The third-order valence-electron chi connectivity index (χ3n) is 6.23. The normalized spacial score (nSPS) is 21.8. The lowest BCUT2D eigenvalue weighted by Gasteiger charge is -2.36. The van der Waals surface area contributed by atoms with Gasteiger partial charge in [-0.05, 0) is 50.8 Å². The van der Waals surface area contributed by atoms with Gasteiger partial charge in [-0.1, -0.05) is 49.4 Å². The fourth-order valence-corrected chi connectivity index (χ4v) is 6.27. The molecular formula is C23H31N3O2S. The van der Waals surface area contributed by atoms with Crippen molar-refractivity contribution in [3.05, 3.63) is 53.7 Å². The Morgan fingerprint density at radius 1 is 0.966 bits per heavy atom. The van der Waals surface area contributed by atoms with Gasteiger partial charge in [0.1, 0.15) is 5.82 Å². The van der Waals surface area contributed by atoms with Gasteiger partial charge in [0.2, 0.25) is 10.0 Å². The highest BCUT2D eigenvalue weighted by Gasteiger charge is 2.36. The third-order valence-corrected chi connectivity index (χ3v) is 8.15. The van der Waals surface area contributed by atoms with Crippen LogP contribution in [0, 0.1) is 6.92 Å². The minimum Gasteiger partial charge on any atom is -0.367 e. The van der Waals surface area contributed by atoms with Crippen molar-refractivity contribution in [1.29, 1.82) is 0 Å². The first-order valence-corrected chi connectivity index (χ1v) is 12.3. The zero-order valence-corrected chi connectivity index (χ0v) is 18.0. The lowest BCUT2D eigenvalue weighted by molar-refractivity contribution is 0.256. The van der Waals surface area contributed by atoms with Gasteiger partial charge < -0.3 is 5.32 Å². The van der Waals surface area contributed by atoms with E-state index in [4.69, 9.17) is 0 Å². The molecule has 1 aromatic heterocycles. The van der Waals surface area contributed by atoms with Crippen molar-refractivity contribution in [1.82, 2.24) is 9.29 Å². The van der Waals surface area contributed by atoms with Crippen molar-refractivity contribution < 1.29 is 8.42 Å². The van der Waals surface area contributed by atoms with E-state index in [2.05, 4.69) is 10.3 Å². The molecule has 1 aliphatic carbocycles. The summed E-state index contributed by atoms with van der Waals surface area (Å²) in [5.41, 5.74) is 2.07. The molecule has 1 atom stereocenters. The first-order valence-electron chi connectivity index (χ1n) is 10.9. The second kappa shape index (κ2) is 8.84. The summed E-state index contributed by atoms with van der Waals surface area (Å²) in [5, 5.41) is 3.63. The van der Waals surface area contributed by atoms with E-state index >= 15 is 0 Å². The second-order valence-electron chi connectivity index (χ2n) is 8.36. The monoisotopic (exact) mass is 413 g/mol. The zero-order chi connectivity index (χ0) is 20.3. The van der Waals surface area contributed by atoms with E-state index in [0.29, 0.717) is 17.5 Å². The van der Waals surface area contributed by atoms with Crippen molar-refractivity contribution >= 4 is 15.8 Å². The number of piperidine rings is 1. The molecule has 2 aliphatic rings. The Kier molecular flexibility index (Phi) is 6.20. The number of aromatic nitrogens is 1. The largest absolute Gasteiger partial charge is 0.367 e. The van der Waals surface area contributed by atoms with Crippen LogP contribution in [0.2, 0.25) is 0 Å². The summed E-state index contributed by atoms with van der Waals surface area (Å²) in [6.07, 6.45) is 10.7. The molecule has 0 unspecified atom stereocenters. The molecular weight excluding hydrogens is 382 g/mol. The molecule has 4 rings (SSSR count). The van der Waals surface area contributed by atoms with Gasteiger partial charge in [0.05, 0.1) is 10.9 Å². The second-order valence-corrected chi connectivity index (χ2v) is 10.3. The molecule has 1 N–H and O–H groups in total. The first-order chi connectivity index (χ1) is 14.1. The van der Waals surface area contributed by atoms with Crippen LogP contribution in [0.1, 0.15) is 68.5 Å². The Balaban J connectivity index is 1.65. The van der Waals surface area contributed by atoms with E-state index in [-0.39, 0.29) is 6.04 Å². The number of nitrogens with zero attached hydrogens (tertiary/aromatic N) is 2. The minimum atomic E-state index is -3.55. The summed E-state index contributed by atoms with van der Waals surface area (Å²) in [6, 6.07) is 11.4. The molecule has 0 spiro atoms. The Hall–Kier alpha value is -1.92. The topological polar surface area (TPSA) is 62.3 Å². The molecule has 5 nitrogen and oxygen atoms in total. The van der Waals surface area contributed by atoms with Crippen LogP contribution in [0.3, 0.4) is 0 Å². The van der Waals surface area contributed by atoms with Crippen molar-refractivity contribution in [3.63, 3.8) is 0 Å². The third kappa shape index (κ3) is 4.48. The molecule has 29 heavy (non-hydrogen) atoms. The quantitative estimate of drug-likeness (QED) is 0.745. The van der Waals surface area contributed by atoms with Crippen LogP contribution in [-0.4, -0.2) is 30.3 Å². The van der Waals surface area contributed by atoms with Crippen molar-refractivity contribution in [3.8, 4) is 0 Å². The lowest BCUT2D eigenvalue weighted by atomic mass is 9.94. The highest BCUT2D eigenvalue weighted by atomic mass is 32.2. The first kappa shape index (κ1) is 20.4. The number of nitrogens with one attached hydrogen (secondary N) is 1. The zero-order valence-electron chi connectivity index (χ0n) is 17.2. The maximum Gasteiger partial charge on any atom is 0.243 e. The Labute approximate surface area is 174 Å². The SMILES string of the molecule is Cc1ccc(S(=O)(=O)N2CCCC[C@@H]2c2cccnc2NC2CCCCC2)cc1. The standard InChI is InChI=1S/C23H31N3O2S/c1-18-12-14-20(15-13-18)29(27,28)26-17-6-5-11-22(26)21-10-7-16-24-23(21)25-19-8-3-2-4-9-19/h7,10,12-16,19,22H,2-6,8-9,11,17H2,1H3,(H,24,25)/t22-/m1/s1. The van der Waals surface area contributed by atoms with Crippen LogP contribution >= 0.6 is 0 Å². The van der Waals surface area contributed by atoms with Gasteiger partial charge in [0.25, 0.3) is 0 Å². The summed E-state index contributed by atoms with van der Waals surface area (Å²) >= 11 is 0. The maximum atomic E-state index is 13.5. The average Bonchev–Trinajstić information content (AvgIpc) is 2.75. The van der Waals surface area contributed by atoms with Crippen molar-refractivity contribution in [2.24, 2.45) is 0 Å². The number of pyridine rings is 1. The number of benzene rings is 1. The van der Waals surface area contributed by atoms with Gasteiger partial charge in [-0.3, -0.25) is 0 Å². The van der Waals surface area contributed by atoms with Crippen LogP contribution in [-0.2, 0) is 10.0 Å². The Bertz CT molecular complexity index is 921. The maximum absolute atomic E-state index is 13.5. The number of hydrogen-bond acceptors (Lipinski definition) is 4. The van der Waals surface area contributed by atoms with E-state index in [1.165, 1.54) is 19.3 Å². The Morgan fingerprint density at radius 2 is 1.69 bits per heavy atom. The number of anilines is 1. The van der Waals surface area contributed by atoms with Crippen LogP contribution in [0.5, 0.6) is 0 Å². The molecule has 0 bridgehead atoms. The molecule has 1 saturated carbocycles. The van der Waals surface area contributed by atoms with Crippen molar-refractivity contribution in [2.75, 3.05) is 11.9 Å². The smallest absolute Gasteiger partial charge is 0.243 e. The molecule has 6 heteroatoms. The van der Waals surface area contributed by atoms with E-state index in [9.17, 15) is 8.42 Å². The summed E-state index contributed by atoms with van der Waals surface area (Å²) in [5.74, 6) is 0.857. The highest BCUT2D eigenvalue weighted by molar-refractivity contribution is 7.89. The van der Waals surface area contributed by atoms with E-state index in [1.807, 2.05) is 31.2 Å². The van der Waals surface area contributed by atoms with Gasteiger partial charge in [0.15, 0.2) is 0 Å². The predicted octanol–water partition coefficient (Wildman–Crippen LogP) is 5.05.